The first-order chi connectivity index (χ1) is 6.43. The molecule has 82 valence electrons. The zero-order valence-corrected chi connectivity index (χ0v) is 8.49. The zero-order chi connectivity index (χ0) is 11.1. The minimum absolute atomic E-state index is 0.0537. The van der Waals surface area contributed by atoms with Crippen LogP contribution in [-0.4, -0.2) is 34.7 Å². The lowest BCUT2D eigenvalue weighted by atomic mass is 10.0. The SMILES string of the molecule is CC(C)CC(NCCC(=O)O)C(=O)O. The van der Waals surface area contributed by atoms with Crippen molar-refractivity contribution in [1.82, 2.24) is 5.32 Å². The van der Waals surface area contributed by atoms with E-state index in [0.29, 0.717) is 6.42 Å². The van der Waals surface area contributed by atoms with Gasteiger partial charge in [0.15, 0.2) is 0 Å². The largest absolute Gasteiger partial charge is 0.481 e. The Labute approximate surface area is 83.1 Å². The standard InChI is InChI=1S/C9H17NO4/c1-6(2)5-7(9(13)14)10-4-3-8(11)12/h6-7,10H,3-5H2,1-2H3,(H,11,12)(H,13,14). The number of hydrogen-bond donors (Lipinski definition) is 3. The summed E-state index contributed by atoms with van der Waals surface area (Å²) in [7, 11) is 0. The molecule has 5 nitrogen and oxygen atoms in total. The van der Waals surface area contributed by atoms with Crippen molar-refractivity contribution >= 4 is 11.9 Å². The molecule has 3 N–H and O–H groups in total. The topological polar surface area (TPSA) is 86.6 Å². The third kappa shape index (κ3) is 6.42. The van der Waals surface area contributed by atoms with Gasteiger partial charge in [-0.1, -0.05) is 13.8 Å². The number of carbonyl (C=O) groups is 2. The van der Waals surface area contributed by atoms with E-state index in [9.17, 15) is 9.59 Å². The highest BCUT2D eigenvalue weighted by atomic mass is 16.4. The van der Waals surface area contributed by atoms with Gasteiger partial charge in [0.25, 0.3) is 0 Å². The predicted octanol–water partition coefficient (Wildman–Crippen LogP) is 0.550. The summed E-state index contributed by atoms with van der Waals surface area (Å²) in [6, 6.07) is -0.644. The lowest BCUT2D eigenvalue weighted by molar-refractivity contribution is -0.141. The Kier molecular flexibility index (Phi) is 5.87. The normalized spacial score (nSPS) is 12.8. The lowest BCUT2D eigenvalue weighted by Crippen LogP contribution is -2.38. The Morgan fingerprint density at radius 3 is 2.21 bits per heavy atom. The fraction of sp³-hybridized carbons (Fsp3) is 0.778. The Morgan fingerprint density at radius 2 is 1.86 bits per heavy atom. The molecule has 0 amide bonds. The van der Waals surface area contributed by atoms with Crippen molar-refractivity contribution in [2.45, 2.75) is 32.7 Å². The lowest BCUT2D eigenvalue weighted by Gasteiger charge is -2.15. The van der Waals surface area contributed by atoms with Gasteiger partial charge in [0.05, 0.1) is 6.42 Å². The molecule has 0 aliphatic carbocycles. The maximum atomic E-state index is 10.7. The van der Waals surface area contributed by atoms with Crippen molar-refractivity contribution in [3.63, 3.8) is 0 Å². The van der Waals surface area contributed by atoms with Crippen LogP contribution in [0.15, 0.2) is 0 Å². The molecule has 14 heavy (non-hydrogen) atoms. The van der Waals surface area contributed by atoms with E-state index in [1.54, 1.807) is 0 Å². The summed E-state index contributed by atoms with van der Waals surface area (Å²) < 4.78 is 0. The van der Waals surface area contributed by atoms with E-state index < -0.39 is 18.0 Å². The van der Waals surface area contributed by atoms with E-state index in [4.69, 9.17) is 10.2 Å². The number of carboxylic acids is 2. The maximum absolute atomic E-state index is 10.7. The molecule has 0 bridgehead atoms. The van der Waals surface area contributed by atoms with Gasteiger partial charge in [-0.3, -0.25) is 9.59 Å². The highest BCUT2D eigenvalue weighted by Gasteiger charge is 2.17. The van der Waals surface area contributed by atoms with Gasteiger partial charge in [0.1, 0.15) is 6.04 Å². The molecule has 0 aliphatic heterocycles. The molecule has 0 radical (unpaired) electrons. The Bertz CT molecular complexity index is 203. The van der Waals surface area contributed by atoms with Gasteiger partial charge >= 0.3 is 11.9 Å². The van der Waals surface area contributed by atoms with Gasteiger partial charge < -0.3 is 15.5 Å². The molecule has 0 saturated heterocycles. The smallest absolute Gasteiger partial charge is 0.320 e. The predicted molar refractivity (Wildman–Crippen MR) is 51.1 cm³/mol. The molecule has 0 heterocycles. The van der Waals surface area contributed by atoms with Crippen LogP contribution in [0.5, 0.6) is 0 Å². The molecule has 1 unspecified atom stereocenters. The van der Waals surface area contributed by atoms with Gasteiger partial charge in [0, 0.05) is 6.54 Å². The minimum Gasteiger partial charge on any atom is -0.481 e. The highest BCUT2D eigenvalue weighted by Crippen LogP contribution is 2.04. The summed E-state index contributed by atoms with van der Waals surface area (Å²) in [5.74, 6) is -1.58. The highest BCUT2D eigenvalue weighted by molar-refractivity contribution is 5.73. The Morgan fingerprint density at radius 1 is 1.29 bits per heavy atom. The molecule has 0 rings (SSSR count). The summed E-state index contributed by atoms with van der Waals surface area (Å²) in [6.45, 7) is 4.04. The Balaban J connectivity index is 3.85. The van der Waals surface area contributed by atoms with Crippen molar-refractivity contribution in [1.29, 1.82) is 0 Å². The quantitative estimate of drug-likeness (QED) is 0.562. The second kappa shape index (κ2) is 6.37. The number of nitrogens with one attached hydrogen (secondary N) is 1. The minimum atomic E-state index is -0.927. The average molecular weight is 203 g/mol. The van der Waals surface area contributed by atoms with Crippen molar-refractivity contribution < 1.29 is 19.8 Å². The van der Waals surface area contributed by atoms with Gasteiger partial charge in [-0.15, -0.1) is 0 Å². The summed E-state index contributed by atoms with van der Waals surface area (Å²) >= 11 is 0. The van der Waals surface area contributed by atoms with Crippen LogP contribution in [-0.2, 0) is 9.59 Å². The third-order valence-corrected chi connectivity index (χ3v) is 1.73. The summed E-state index contributed by atoms with van der Waals surface area (Å²) in [5, 5.41) is 19.8. The van der Waals surface area contributed by atoms with Crippen LogP contribution in [0.2, 0.25) is 0 Å². The molecular weight excluding hydrogens is 186 g/mol. The van der Waals surface area contributed by atoms with Crippen LogP contribution >= 0.6 is 0 Å². The van der Waals surface area contributed by atoms with E-state index in [-0.39, 0.29) is 18.9 Å². The van der Waals surface area contributed by atoms with Crippen molar-refractivity contribution in [2.24, 2.45) is 5.92 Å². The summed E-state index contributed by atoms with van der Waals surface area (Å²) in [5.41, 5.74) is 0. The van der Waals surface area contributed by atoms with E-state index in [0.717, 1.165) is 0 Å². The maximum Gasteiger partial charge on any atom is 0.320 e. The van der Waals surface area contributed by atoms with Crippen molar-refractivity contribution in [3.05, 3.63) is 0 Å². The zero-order valence-electron chi connectivity index (χ0n) is 8.49. The molecule has 0 saturated carbocycles. The monoisotopic (exact) mass is 203 g/mol. The van der Waals surface area contributed by atoms with E-state index in [1.165, 1.54) is 0 Å². The van der Waals surface area contributed by atoms with Gasteiger partial charge in [-0.05, 0) is 12.3 Å². The summed E-state index contributed by atoms with van der Waals surface area (Å²) in [4.78, 5) is 20.9. The molecule has 1 atom stereocenters. The molecule has 0 spiro atoms. The second-order valence-electron chi connectivity index (χ2n) is 3.62. The first kappa shape index (κ1) is 12.9. The molecule has 0 aromatic heterocycles. The molecule has 0 aromatic rings. The van der Waals surface area contributed by atoms with Crippen LogP contribution < -0.4 is 5.32 Å². The van der Waals surface area contributed by atoms with E-state index in [1.807, 2.05) is 13.8 Å². The van der Waals surface area contributed by atoms with Gasteiger partial charge in [-0.25, -0.2) is 0 Å². The van der Waals surface area contributed by atoms with Gasteiger partial charge in [-0.2, -0.15) is 0 Å². The second-order valence-corrected chi connectivity index (χ2v) is 3.62. The fourth-order valence-corrected chi connectivity index (χ4v) is 1.10. The molecule has 0 aromatic carbocycles. The Hall–Kier alpha value is -1.10. The van der Waals surface area contributed by atoms with Crippen LogP contribution in [0, 0.1) is 5.92 Å². The molecular formula is C9H17NO4. The van der Waals surface area contributed by atoms with Crippen LogP contribution in [0.25, 0.3) is 0 Å². The molecule has 0 fully saturated rings. The summed E-state index contributed by atoms with van der Waals surface area (Å²) in [6.07, 6.45) is 0.455. The van der Waals surface area contributed by atoms with Crippen LogP contribution in [0.3, 0.4) is 0 Å². The molecule has 0 aliphatic rings. The van der Waals surface area contributed by atoms with E-state index >= 15 is 0 Å². The number of aliphatic carboxylic acids is 2. The first-order valence-corrected chi connectivity index (χ1v) is 4.61. The van der Waals surface area contributed by atoms with Gasteiger partial charge in [0.2, 0.25) is 0 Å². The number of rotatable bonds is 7. The fourth-order valence-electron chi connectivity index (χ4n) is 1.10. The first-order valence-electron chi connectivity index (χ1n) is 4.61. The van der Waals surface area contributed by atoms with Crippen LogP contribution in [0.1, 0.15) is 26.7 Å². The van der Waals surface area contributed by atoms with Crippen molar-refractivity contribution in [2.75, 3.05) is 6.54 Å². The molecule has 5 heteroatoms. The number of carboxylic acid groups (broad SMARTS) is 2. The van der Waals surface area contributed by atoms with Crippen molar-refractivity contribution in [3.8, 4) is 0 Å². The third-order valence-electron chi connectivity index (χ3n) is 1.73. The average Bonchev–Trinajstić information content (AvgIpc) is 2.00. The van der Waals surface area contributed by atoms with E-state index in [2.05, 4.69) is 5.32 Å². The number of hydrogen-bond acceptors (Lipinski definition) is 3. The van der Waals surface area contributed by atoms with Crippen LogP contribution in [0.4, 0.5) is 0 Å².